The van der Waals surface area contributed by atoms with Crippen molar-refractivity contribution < 1.29 is 0 Å². The number of hydrogen-bond acceptors (Lipinski definition) is 0. The van der Waals surface area contributed by atoms with Gasteiger partial charge in [-0.2, -0.15) is 0 Å². The van der Waals surface area contributed by atoms with Crippen LogP contribution in [0.2, 0.25) is 0 Å². The number of terminal acetylenes is 1. The van der Waals surface area contributed by atoms with Crippen LogP contribution in [0, 0.1) is 12.3 Å². The van der Waals surface area contributed by atoms with Crippen molar-refractivity contribution in [1.82, 2.24) is 0 Å². The molecule has 0 N–H and O–H groups in total. The third-order valence-corrected chi connectivity index (χ3v) is 0.940. The van der Waals surface area contributed by atoms with E-state index in [4.69, 9.17) is 6.42 Å². The summed E-state index contributed by atoms with van der Waals surface area (Å²) in [5.41, 5.74) is 0.938. The molecule has 0 aromatic heterocycles. The second kappa shape index (κ2) is 12.5. The van der Waals surface area contributed by atoms with E-state index in [0.29, 0.717) is 0 Å². The van der Waals surface area contributed by atoms with E-state index in [1.165, 1.54) is 0 Å². The normalized spacial score (nSPS) is 6.25. The van der Waals surface area contributed by atoms with Gasteiger partial charge in [0, 0.05) is 5.56 Å². The third-order valence-electron chi connectivity index (χ3n) is 0.940. The Labute approximate surface area is 76.6 Å². The van der Waals surface area contributed by atoms with Crippen LogP contribution in [0.15, 0.2) is 30.3 Å². The average Bonchev–Trinajstić information content (AvgIpc) is 2.25. The lowest BCUT2D eigenvalue weighted by atomic mass is 10.2. The SMILES string of the molecule is C#Cc1ccccc1.CC.CC. The maximum absolute atomic E-state index is 5.10. The fraction of sp³-hybridized carbons (Fsp3) is 0.333. The highest BCUT2D eigenvalue weighted by atomic mass is 13.8. The second-order valence-electron chi connectivity index (χ2n) is 1.51. The molecule has 0 fully saturated rings. The molecule has 0 saturated carbocycles. The molecule has 0 unspecified atom stereocenters. The van der Waals surface area contributed by atoms with Crippen LogP contribution in [-0.4, -0.2) is 0 Å². The first-order chi connectivity index (χ1) is 5.93. The highest BCUT2D eigenvalue weighted by Gasteiger charge is 1.76. The van der Waals surface area contributed by atoms with Crippen LogP contribution in [0.3, 0.4) is 0 Å². The maximum atomic E-state index is 5.10. The summed E-state index contributed by atoms with van der Waals surface area (Å²) in [6, 6.07) is 9.60. The lowest BCUT2D eigenvalue weighted by molar-refractivity contribution is 1.50. The first kappa shape index (κ1) is 13.4. The molecule has 0 atom stereocenters. The summed E-state index contributed by atoms with van der Waals surface area (Å²) in [4.78, 5) is 0. The molecule has 0 radical (unpaired) electrons. The summed E-state index contributed by atoms with van der Waals surface area (Å²) in [5, 5.41) is 0. The minimum Gasteiger partial charge on any atom is -0.115 e. The summed E-state index contributed by atoms with van der Waals surface area (Å²) < 4.78 is 0. The first-order valence-electron chi connectivity index (χ1n) is 4.45. The van der Waals surface area contributed by atoms with Gasteiger partial charge in [-0.15, -0.1) is 6.42 Å². The highest BCUT2D eigenvalue weighted by Crippen LogP contribution is 1.92. The molecule has 66 valence electrons. The number of benzene rings is 1. The predicted molar refractivity (Wildman–Crippen MR) is 57.1 cm³/mol. The van der Waals surface area contributed by atoms with Crippen molar-refractivity contribution in [3.63, 3.8) is 0 Å². The molecule has 0 amide bonds. The zero-order valence-corrected chi connectivity index (χ0v) is 8.46. The summed E-state index contributed by atoms with van der Waals surface area (Å²) >= 11 is 0. The van der Waals surface area contributed by atoms with Crippen LogP contribution in [0.1, 0.15) is 33.3 Å². The lowest BCUT2D eigenvalue weighted by Crippen LogP contribution is -1.66. The summed E-state index contributed by atoms with van der Waals surface area (Å²) in [6.07, 6.45) is 5.10. The van der Waals surface area contributed by atoms with Crippen molar-refractivity contribution in [3.05, 3.63) is 35.9 Å². The Kier molecular flexibility index (Phi) is 13.9. The fourth-order valence-corrected chi connectivity index (χ4v) is 0.534. The topological polar surface area (TPSA) is 0 Å². The van der Waals surface area contributed by atoms with E-state index >= 15 is 0 Å². The molecular weight excluding hydrogens is 144 g/mol. The van der Waals surface area contributed by atoms with Crippen molar-refractivity contribution in [1.29, 1.82) is 0 Å². The molecule has 0 bridgehead atoms. The Morgan fingerprint density at radius 3 is 1.58 bits per heavy atom. The highest BCUT2D eigenvalue weighted by molar-refractivity contribution is 5.30. The van der Waals surface area contributed by atoms with Crippen molar-refractivity contribution in [3.8, 4) is 12.3 Å². The van der Waals surface area contributed by atoms with Gasteiger partial charge in [0.1, 0.15) is 0 Å². The van der Waals surface area contributed by atoms with Crippen LogP contribution >= 0.6 is 0 Å². The van der Waals surface area contributed by atoms with Gasteiger partial charge in [-0.3, -0.25) is 0 Å². The van der Waals surface area contributed by atoms with Crippen LogP contribution in [0.25, 0.3) is 0 Å². The molecule has 0 nitrogen and oxygen atoms in total. The van der Waals surface area contributed by atoms with Gasteiger partial charge in [0.2, 0.25) is 0 Å². The molecule has 0 aliphatic carbocycles. The Hall–Kier alpha value is -1.22. The van der Waals surface area contributed by atoms with Crippen LogP contribution in [0.4, 0.5) is 0 Å². The smallest absolute Gasteiger partial charge is 0.0242 e. The minimum atomic E-state index is 0.938. The Morgan fingerprint density at radius 2 is 1.33 bits per heavy atom. The molecule has 0 aliphatic heterocycles. The summed E-state index contributed by atoms with van der Waals surface area (Å²) in [7, 11) is 0. The van der Waals surface area contributed by atoms with Crippen LogP contribution < -0.4 is 0 Å². The van der Waals surface area contributed by atoms with E-state index in [1.807, 2.05) is 58.0 Å². The average molecular weight is 162 g/mol. The van der Waals surface area contributed by atoms with Gasteiger partial charge < -0.3 is 0 Å². The second-order valence-corrected chi connectivity index (χ2v) is 1.51. The molecule has 0 aliphatic rings. The fourth-order valence-electron chi connectivity index (χ4n) is 0.534. The Balaban J connectivity index is 0. The molecule has 0 heterocycles. The van der Waals surface area contributed by atoms with Crippen LogP contribution in [0.5, 0.6) is 0 Å². The molecular formula is C12H18. The molecule has 1 aromatic carbocycles. The largest absolute Gasteiger partial charge is 0.115 e. The van der Waals surface area contributed by atoms with E-state index in [2.05, 4.69) is 5.92 Å². The van der Waals surface area contributed by atoms with Gasteiger partial charge in [0.05, 0.1) is 0 Å². The van der Waals surface area contributed by atoms with Crippen LogP contribution in [-0.2, 0) is 0 Å². The van der Waals surface area contributed by atoms with E-state index < -0.39 is 0 Å². The van der Waals surface area contributed by atoms with Crippen molar-refractivity contribution in [2.45, 2.75) is 27.7 Å². The monoisotopic (exact) mass is 162 g/mol. The lowest BCUT2D eigenvalue weighted by Gasteiger charge is -1.82. The van der Waals surface area contributed by atoms with Gasteiger partial charge >= 0.3 is 0 Å². The van der Waals surface area contributed by atoms with E-state index in [-0.39, 0.29) is 0 Å². The van der Waals surface area contributed by atoms with E-state index in [1.54, 1.807) is 0 Å². The molecule has 0 saturated heterocycles. The van der Waals surface area contributed by atoms with Gasteiger partial charge in [-0.05, 0) is 12.1 Å². The predicted octanol–water partition coefficient (Wildman–Crippen LogP) is 3.72. The van der Waals surface area contributed by atoms with Gasteiger partial charge in [-0.1, -0.05) is 51.8 Å². The molecule has 1 rings (SSSR count). The third kappa shape index (κ3) is 6.89. The molecule has 0 heteroatoms. The quantitative estimate of drug-likeness (QED) is 0.510. The summed E-state index contributed by atoms with van der Waals surface area (Å²) in [6.45, 7) is 8.00. The number of rotatable bonds is 0. The Morgan fingerprint density at radius 1 is 0.917 bits per heavy atom. The van der Waals surface area contributed by atoms with Crippen molar-refractivity contribution in [2.75, 3.05) is 0 Å². The first-order valence-corrected chi connectivity index (χ1v) is 4.45. The van der Waals surface area contributed by atoms with Gasteiger partial charge in [-0.25, -0.2) is 0 Å². The molecule has 0 spiro atoms. The van der Waals surface area contributed by atoms with Crippen molar-refractivity contribution in [2.24, 2.45) is 0 Å². The van der Waals surface area contributed by atoms with Gasteiger partial charge in [0.15, 0.2) is 0 Å². The Bertz CT molecular complexity index is 191. The zero-order valence-electron chi connectivity index (χ0n) is 8.46. The zero-order chi connectivity index (χ0) is 9.82. The molecule has 12 heavy (non-hydrogen) atoms. The van der Waals surface area contributed by atoms with E-state index in [9.17, 15) is 0 Å². The van der Waals surface area contributed by atoms with E-state index in [0.717, 1.165) is 5.56 Å². The standard InChI is InChI=1S/C8H6.2C2H6/c1-2-8-6-4-3-5-7-8;2*1-2/h1,3-7H;2*1-2H3. The maximum Gasteiger partial charge on any atom is 0.0242 e. The minimum absolute atomic E-state index is 0.938. The number of hydrogen-bond donors (Lipinski definition) is 0. The van der Waals surface area contributed by atoms with Gasteiger partial charge in [0.25, 0.3) is 0 Å². The molecule has 1 aromatic rings. The summed E-state index contributed by atoms with van der Waals surface area (Å²) in [5.74, 6) is 2.53. The van der Waals surface area contributed by atoms with Crippen molar-refractivity contribution >= 4 is 0 Å².